The minimum absolute atomic E-state index is 0.0599. The van der Waals surface area contributed by atoms with Crippen LogP contribution in [0.4, 0.5) is 17.5 Å². The van der Waals surface area contributed by atoms with Crippen molar-refractivity contribution < 1.29 is 9.84 Å². The molecule has 2 unspecified atom stereocenters. The summed E-state index contributed by atoms with van der Waals surface area (Å²) in [6.07, 6.45) is 1.78. The molecule has 1 aromatic rings. The first-order valence-corrected chi connectivity index (χ1v) is 6.80. The predicted molar refractivity (Wildman–Crippen MR) is 74.7 cm³/mol. The number of aromatic nitrogens is 2. The molecule has 5 N–H and O–H groups in total. The normalized spacial score (nSPS) is 24.8. The van der Waals surface area contributed by atoms with Crippen LogP contribution in [0.2, 0.25) is 0 Å². The summed E-state index contributed by atoms with van der Waals surface area (Å²) in [5.74, 6) is 1.08. The van der Waals surface area contributed by atoms with E-state index in [4.69, 9.17) is 10.5 Å². The monoisotopic (exact) mass is 281 g/mol. The molecule has 0 saturated carbocycles. The van der Waals surface area contributed by atoms with Crippen molar-refractivity contribution in [3.63, 3.8) is 0 Å². The van der Waals surface area contributed by atoms with Gasteiger partial charge in [-0.1, -0.05) is 0 Å². The lowest BCUT2D eigenvalue weighted by molar-refractivity contribution is 0.0386. The van der Waals surface area contributed by atoms with Gasteiger partial charge in [0.25, 0.3) is 5.56 Å². The number of H-pyrrole nitrogens is 1. The molecule has 3 rings (SSSR count). The van der Waals surface area contributed by atoms with Crippen LogP contribution in [0.25, 0.3) is 0 Å². The number of nitrogen functional groups attached to an aromatic ring is 1. The summed E-state index contributed by atoms with van der Waals surface area (Å²) in [6, 6.07) is 0. The van der Waals surface area contributed by atoms with Gasteiger partial charge >= 0.3 is 0 Å². The van der Waals surface area contributed by atoms with Gasteiger partial charge < -0.3 is 25.8 Å². The van der Waals surface area contributed by atoms with Crippen LogP contribution in [-0.4, -0.2) is 47.6 Å². The van der Waals surface area contributed by atoms with Crippen molar-refractivity contribution in [2.45, 2.75) is 18.9 Å². The molecule has 2 aliphatic heterocycles. The third-order valence-corrected chi connectivity index (χ3v) is 3.96. The van der Waals surface area contributed by atoms with Gasteiger partial charge in [-0.05, 0) is 18.8 Å². The molecule has 1 aromatic heterocycles. The molecule has 110 valence electrons. The predicted octanol–water partition coefficient (Wildman–Crippen LogP) is -0.671. The smallest absolute Gasteiger partial charge is 0.277 e. The Morgan fingerprint density at radius 2 is 2.40 bits per heavy atom. The van der Waals surface area contributed by atoms with E-state index in [2.05, 4.69) is 15.3 Å². The van der Waals surface area contributed by atoms with Gasteiger partial charge in [-0.25, -0.2) is 0 Å². The highest BCUT2D eigenvalue weighted by atomic mass is 16.5. The molecule has 0 spiro atoms. The van der Waals surface area contributed by atoms with Crippen molar-refractivity contribution >= 4 is 17.5 Å². The van der Waals surface area contributed by atoms with Gasteiger partial charge in [0.15, 0.2) is 5.82 Å². The second-order valence-corrected chi connectivity index (χ2v) is 5.18. The van der Waals surface area contributed by atoms with E-state index >= 15 is 0 Å². The number of fused-ring (bicyclic) bond motifs is 1. The highest BCUT2D eigenvalue weighted by Gasteiger charge is 2.29. The number of nitrogens with one attached hydrogen (secondary N) is 2. The fraction of sp³-hybridized carbons (Fsp3) is 0.667. The van der Waals surface area contributed by atoms with E-state index < -0.39 is 0 Å². The van der Waals surface area contributed by atoms with Gasteiger partial charge in [0.1, 0.15) is 5.69 Å². The Bertz CT molecular complexity index is 546. The van der Waals surface area contributed by atoms with Crippen LogP contribution in [0, 0.1) is 5.92 Å². The van der Waals surface area contributed by atoms with Crippen LogP contribution in [0.5, 0.6) is 0 Å². The molecular weight excluding hydrogens is 262 g/mol. The largest absolute Gasteiger partial charge is 0.394 e. The van der Waals surface area contributed by atoms with Crippen LogP contribution in [0.3, 0.4) is 0 Å². The molecule has 2 atom stereocenters. The Morgan fingerprint density at radius 1 is 1.55 bits per heavy atom. The maximum atomic E-state index is 11.7. The summed E-state index contributed by atoms with van der Waals surface area (Å²) in [5.41, 5.74) is 5.81. The SMILES string of the molecule is Nc1nc2c(c(=O)[nH]1)NCN2CCC1CCOC1CO. The molecule has 0 radical (unpaired) electrons. The lowest BCUT2D eigenvalue weighted by atomic mass is 9.98. The number of aliphatic hydroxyl groups excluding tert-OH is 1. The number of hydrogen-bond acceptors (Lipinski definition) is 7. The van der Waals surface area contributed by atoms with E-state index in [1.54, 1.807) is 0 Å². The molecule has 1 fully saturated rings. The number of nitrogens with two attached hydrogens (primary N) is 1. The first-order valence-electron chi connectivity index (χ1n) is 6.80. The van der Waals surface area contributed by atoms with Crippen LogP contribution in [0.1, 0.15) is 12.8 Å². The van der Waals surface area contributed by atoms with Gasteiger partial charge in [-0.15, -0.1) is 0 Å². The third kappa shape index (κ3) is 2.32. The molecule has 20 heavy (non-hydrogen) atoms. The number of hydrogen-bond donors (Lipinski definition) is 4. The second kappa shape index (κ2) is 5.29. The van der Waals surface area contributed by atoms with E-state index in [-0.39, 0.29) is 24.2 Å². The standard InChI is InChI=1S/C12H19N5O3/c13-12-15-10-9(11(19)16-12)14-6-17(10)3-1-7-2-4-20-8(7)5-18/h7-8,14,18H,1-6H2,(H3,13,15,16,19). The summed E-state index contributed by atoms with van der Waals surface area (Å²) < 4.78 is 5.46. The van der Waals surface area contributed by atoms with E-state index in [9.17, 15) is 9.90 Å². The highest BCUT2D eigenvalue weighted by Crippen LogP contribution is 2.29. The molecular formula is C12H19N5O3. The lowest BCUT2D eigenvalue weighted by Crippen LogP contribution is -2.29. The Morgan fingerprint density at radius 3 is 3.20 bits per heavy atom. The van der Waals surface area contributed by atoms with Crippen molar-refractivity contribution in [2.75, 3.05) is 42.4 Å². The van der Waals surface area contributed by atoms with Crippen molar-refractivity contribution in [2.24, 2.45) is 5.92 Å². The van der Waals surface area contributed by atoms with Gasteiger partial charge in [-0.3, -0.25) is 9.78 Å². The number of nitrogens with zero attached hydrogens (tertiary/aromatic N) is 2. The first-order chi connectivity index (χ1) is 9.69. The van der Waals surface area contributed by atoms with Crippen LogP contribution in [0.15, 0.2) is 4.79 Å². The van der Waals surface area contributed by atoms with E-state index in [0.29, 0.717) is 30.7 Å². The van der Waals surface area contributed by atoms with Gasteiger partial charge in [0.2, 0.25) is 5.95 Å². The number of aliphatic hydroxyl groups is 1. The first kappa shape index (κ1) is 13.2. The zero-order valence-electron chi connectivity index (χ0n) is 11.1. The Hall–Kier alpha value is -1.80. The Labute approximate surface area is 115 Å². The van der Waals surface area contributed by atoms with Crippen molar-refractivity contribution in [1.29, 1.82) is 0 Å². The third-order valence-electron chi connectivity index (χ3n) is 3.96. The van der Waals surface area contributed by atoms with Crippen molar-refractivity contribution in [3.05, 3.63) is 10.4 Å². The summed E-state index contributed by atoms with van der Waals surface area (Å²) in [4.78, 5) is 20.4. The zero-order valence-corrected chi connectivity index (χ0v) is 11.1. The molecule has 0 aliphatic carbocycles. The van der Waals surface area contributed by atoms with E-state index in [0.717, 1.165) is 19.4 Å². The lowest BCUT2D eigenvalue weighted by Gasteiger charge is -2.21. The maximum absolute atomic E-state index is 11.7. The van der Waals surface area contributed by atoms with Gasteiger partial charge in [0.05, 0.1) is 19.4 Å². The number of rotatable bonds is 4. The molecule has 1 saturated heterocycles. The number of aromatic amines is 1. The fourth-order valence-corrected chi connectivity index (χ4v) is 2.85. The van der Waals surface area contributed by atoms with Crippen LogP contribution >= 0.6 is 0 Å². The second-order valence-electron chi connectivity index (χ2n) is 5.18. The average Bonchev–Trinajstić information content (AvgIpc) is 3.02. The molecule has 0 aromatic carbocycles. The molecule has 8 nitrogen and oxygen atoms in total. The van der Waals surface area contributed by atoms with Crippen LogP contribution < -0.4 is 21.5 Å². The summed E-state index contributed by atoms with van der Waals surface area (Å²) in [5, 5.41) is 12.3. The Kier molecular flexibility index (Phi) is 3.49. The van der Waals surface area contributed by atoms with E-state index in [1.807, 2.05) is 4.90 Å². The van der Waals surface area contributed by atoms with E-state index in [1.165, 1.54) is 0 Å². The van der Waals surface area contributed by atoms with Crippen molar-refractivity contribution in [1.82, 2.24) is 9.97 Å². The molecule has 3 heterocycles. The zero-order chi connectivity index (χ0) is 14.1. The summed E-state index contributed by atoms with van der Waals surface area (Å²) in [7, 11) is 0. The minimum Gasteiger partial charge on any atom is -0.394 e. The average molecular weight is 281 g/mol. The summed E-state index contributed by atoms with van der Waals surface area (Å²) in [6.45, 7) is 2.06. The molecule has 0 amide bonds. The van der Waals surface area contributed by atoms with Crippen LogP contribution in [-0.2, 0) is 4.74 Å². The molecule has 0 bridgehead atoms. The van der Waals surface area contributed by atoms with Crippen molar-refractivity contribution in [3.8, 4) is 0 Å². The minimum atomic E-state index is -0.243. The Balaban J connectivity index is 1.68. The summed E-state index contributed by atoms with van der Waals surface area (Å²) >= 11 is 0. The van der Waals surface area contributed by atoms with Gasteiger partial charge in [-0.2, -0.15) is 4.98 Å². The quantitative estimate of drug-likeness (QED) is 0.578. The highest BCUT2D eigenvalue weighted by molar-refractivity contribution is 5.70. The number of anilines is 3. The topological polar surface area (TPSA) is 116 Å². The number of ether oxygens (including phenoxy) is 1. The molecule has 2 aliphatic rings. The van der Waals surface area contributed by atoms with Gasteiger partial charge in [0, 0.05) is 13.2 Å². The fourth-order valence-electron chi connectivity index (χ4n) is 2.85. The molecule has 8 heteroatoms. The maximum Gasteiger partial charge on any atom is 0.277 e.